The summed E-state index contributed by atoms with van der Waals surface area (Å²) in [7, 11) is -4.08. The Morgan fingerprint density at radius 2 is 1.93 bits per heavy atom. The molecule has 2 fully saturated rings. The summed E-state index contributed by atoms with van der Waals surface area (Å²) in [5, 5.41) is 12.1. The molecule has 1 aliphatic heterocycles. The summed E-state index contributed by atoms with van der Waals surface area (Å²) in [5.74, 6) is -2.08. The first-order valence-electron chi connectivity index (χ1n) is 9.05. The number of nitriles is 1. The van der Waals surface area contributed by atoms with Gasteiger partial charge in [0.2, 0.25) is 15.9 Å². The van der Waals surface area contributed by atoms with Gasteiger partial charge >= 0.3 is 0 Å². The van der Waals surface area contributed by atoms with Crippen molar-refractivity contribution in [3.8, 4) is 6.07 Å². The first-order chi connectivity index (χ1) is 13.2. The van der Waals surface area contributed by atoms with Crippen molar-refractivity contribution in [2.45, 2.75) is 30.2 Å². The minimum absolute atomic E-state index is 0.0583. The van der Waals surface area contributed by atoms with Crippen molar-refractivity contribution in [1.82, 2.24) is 14.5 Å². The molecule has 1 aromatic rings. The lowest BCUT2D eigenvalue weighted by atomic mass is 9.98. The summed E-state index contributed by atoms with van der Waals surface area (Å²) < 4.78 is 53.2. The zero-order chi connectivity index (χ0) is 20.5. The topological polar surface area (TPSA) is 93.5 Å². The highest BCUT2D eigenvalue weighted by Crippen LogP contribution is 2.39. The molecule has 0 spiro atoms. The molecule has 0 radical (unpaired) electrons. The molecule has 7 nitrogen and oxygen atoms in total. The molecule has 1 aromatic carbocycles. The van der Waals surface area contributed by atoms with E-state index in [1.165, 1.54) is 0 Å². The Morgan fingerprint density at radius 1 is 1.29 bits per heavy atom. The average molecular weight is 412 g/mol. The van der Waals surface area contributed by atoms with Crippen LogP contribution in [0.3, 0.4) is 0 Å². The van der Waals surface area contributed by atoms with Crippen molar-refractivity contribution < 1.29 is 22.0 Å². The number of rotatable bonds is 6. The molecule has 28 heavy (non-hydrogen) atoms. The second kappa shape index (κ2) is 7.73. The maximum absolute atomic E-state index is 13.9. The lowest BCUT2D eigenvalue weighted by Gasteiger charge is -2.34. The zero-order valence-electron chi connectivity index (χ0n) is 15.5. The standard InChI is InChI=1S/C18H22F2N4O3S/c1-18(12-21,13-2-3-13)22-17(25)11-23-6-8-24(9-7-23)28(26,27)16-5-4-14(19)10-15(16)20/h4-5,10,13H,2-3,6-9,11H2,1H3,(H,22,25)/t18-/m0/s1. The molecule has 10 heteroatoms. The van der Waals surface area contributed by atoms with Crippen LogP contribution in [-0.4, -0.2) is 61.8 Å². The van der Waals surface area contributed by atoms with E-state index >= 15 is 0 Å². The molecule has 1 amide bonds. The number of hydrogen-bond acceptors (Lipinski definition) is 5. The summed E-state index contributed by atoms with van der Waals surface area (Å²) in [6, 6.07) is 4.53. The third kappa shape index (κ3) is 4.32. The SMILES string of the molecule is C[C@@](C#N)(NC(=O)CN1CCN(S(=O)(=O)c2ccc(F)cc2F)CC1)C1CC1. The maximum Gasteiger partial charge on any atom is 0.246 e. The monoisotopic (exact) mass is 412 g/mol. The highest BCUT2D eigenvalue weighted by molar-refractivity contribution is 7.89. The van der Waals surface area contributed by atoms with Gasteiger partial charge < -0.3 is 5.32 Å². The van der Waals surface area contributed by atoms with Gasteiger partial charge in [-0.05, 0) is 37.8 Å². The first kappa shape index (κ1) is 20.6. The van der Waals surface area contributed by atoms with Gasteiger partial charge in [-0.15, -0.1) is 0 Å². The average Bonchev–Trinajstić information content (AvgIpc) is 3.47. The molecule has 1 atom stereocenters. The second-order valence-corrected chi connectivity index (χ2v) is 9.30. The molecule has 1 saturated heterocycles. The molecule has 0 bridgehead atoms. The van der Waals surface area contributed by atoms with Crippen molar-refractivity contribution in [2.75, 3.05) is 32.7 Å². The Morgan fingerprint density at radius 3 is 2.46 bits per heavy atom. The van der Waals surface area contributed by atoms with Gasteiger partial charge in [0.1, 0.15) is 22.1 Å². The van der Waals surface area contributed by atoms with Gasteiger partial charge in [0, 0.05) is 32.2 Å². The molecule has 3 rings (SSSR count). The van der Waals surface area contributed by atoms with Crippen molar-refractivity contribution in [3.05, 3.63) is 29.8 Å². The fourth-order valence-electron chi connectivity index (χ4n) is 3.37. The van der Waals surface area contributed by atoms with Crippen LogP contribution in [0.1, 0.15) is 19.8 Å². The number of benzene rings is 1. The summed E-state index contributed by atoms with van der Waals surface area (Å²) >= 11 is 0. The fourth-order valence-corrected chi connectivity index (χ4v) is 4.83. The summed E-state index contributed by atoms with van der Waals surface area (Å²) in [6.45, 7) is 2.53. The Hall–Kier alpha value is -2.09. The number of carbonyl (C=O) groups excluding carboxylic acids is 1. The van der Waals surface area contributed by atoms with Gasteiger partial charge in [-0.25, -0.2) is 17.2 Å². The van der Waals surface area contributed by atoms with Crippen molar-refractivity contribution in [1.29, 1.82) is 5.26 Å². The first-order valence-corrected chi connectivity index (χ1v) is 10.5. The van der Waals surface area contributed by atoms with Crippen molar-refractivity contribution in [2.24, 2.45) is 5.92 Å². The summed E-state index contributed by atoms with van der Waals surface area (Å²) in [4.78, 5) is 13.5. The predicted molar refractivity (Wildman–Crippen MR) is 96.4 cm³/mol. The third-order valence-electron chi connectivity index (χ3n) is 5.24. The number of halogens is 2. The molecule has 2 aliphatic rings. The van der Waals surface area contributed by atoms with Crippen LogP contribution >= 0.6 is 0 Å². The van der Waals surface area contributed by atoms with Crippen LogP contribution in [0.4, 0.5) is 8.78 Å². The Balaban J connectivity index is 1.57. The normalized spacial score (nSPS) is 20.9. The molecular formula is C18H22F2N4O3S. The van der Waals surface area contributed by atoms with Gasteiger partial charge in [-0.3, -0.25) is 9.69 Å². The van der Waals surface area contributed by atoms with Gasteiger partial charge in [-0.2, -0.15) is 9.57 Å². The Labute approximate surface area is 163 Å². The lowest BCUT2D eigenvalue weighted by molar-refractivity contribution is -0.123. The molecule has 1 saturated carbocycles. The Kier molecular flexibility index (Phi) is 5.70. The van der Waals surface area contributed by atoms with Crippen molar-refractivity contribution in [3.63, 3.8) is 0 Å². The summed E-state index contributed by atoms with van der Waals surface area (Å²) in [5.41, 5.74) is -0.873. The number of hydrogen-bond donors (Lipinski definition) is 1. The van der Waals surface area contributed by atoms with Crippen LogP contribution in [0.25, 0.3) is 0 Å². The van der Waals surface area contributed by atoms with E-state index in [9.17, 15) is 27.3 Å². The molecule has 1 N–H and O–H groups in total. The highest BCUT2D eigenvalue weighted by Gasteiger charge is 2.43. The highest BCUT2D eigenvalue weighted by atomic mass is 32.2. The molecule has 152 valence electrons. The Bertz CT molecular complexity index is 906. The van der Waals surface area contributed by atoms with Gasteiger partial charge in [0.25, 0.3) is 0 Å². The molecule has 1 aliphatic carbocycles. The largest absolute Gasteiger partial charge is 0.337 e. The number of piperazine rings is 1. The zero-order valence-corrected chi connectivity index (χ0v) is 16.3. The van der Waals surface area contributed by atoms with Gasteiger partial charge in [0.15, 0.2) is 0 Å². The predicted octanol–water partition coefficient (Wildman–Crippen LogP) is 1.08. The molecular weight excluding hydrogens is 390 g/mol. The smallest absolute Gasteiger partial charge is 0.246 e. The molecule has 0 unspecified atom stereocenters. The van der Waals surface area contributed by atoms with Crippen LogP contribution < -0.4 is 5.32 Å². The fraction of sp³-hybridized carbons (Fsp3) is 0.556. The van der Waals surface area contributed by atoms with Crippen LogP contribution in [0.2, 0.25) is 0 Å². The van der Waals surface area contributed by atoms with E-state index < -0.39 is 32.1 Å². The number of amides is 1. The van der Waals surface area contributed by atoms with E-state index in [-0.39, 0.29) is 31.5 Å². The summed E-state index contributed by atoms with van der Waals surface area (Å²) in [6.07, 6.45) is 1.83. The van der Waals surface area contributed by atoms with Crippen LogP contribution in [0, 0.1) is 28.9 Å². The van der Waals surface area contributed by atoms with E-state index in [2.05, 4.69) is 11.4 Å². The van der Waals surface area contributed by atoms with E-state index in [4.69, 9.17) is 0 Å². The van der Waals surface area contributed by atoms with Gasteiger partial charge in [-0.1, -0.05) is 0 Å². The number of carbonyl (C=O) groups is 1. The van der Waals surface area contributed by atoms with E-state index in [1.807, 2.05) is 0 Å². The lowest BCUT2D eigenvalue weighted by Crippen LogP contribution is -2.54. The third-order valence-corrected chi connectivity index (χ3v) is 7.17. The minimum atomic E-state index is -4.08. The molecule has 1 heterocycles. The molecule has 0 aromatic heterocycles. The maximum atomic E-state index is 13.9. The van der Waals surface area contributed by atoms with E-state index in [1.54, 1.807) is 11.8 Å². The van der Waals surface area contributed by atoms with E-state index in [0.717, 1.165) is 29.3 Å². The van der Waals surface area contributed by atoms with Gasteiger partial charge in [0.05, 0.1) is 12.6 Å². The number of sulfonamides is 1. The number of nitrogens with one attached hydrogen (secondary N) is 1. The van der Waals surface area contributed by atoms with Crippen LogP contribution in [0.15, 0.2) is 23.1 Å². The minimum Gasteiger partial charge on any atom is -0.337 e. The quantitative estimate of drug-likeness (QED) is 0.755. The number of nitrogens with zero attached hydrogens (tertiary/aromatic N) is 3. The second-order valence-electron chi connectivity index (χ2n) is 7.39. The van der Waals surface area contributed by atoms with Crippen molar-refractivity contribution >= 4 is 15.9 Å². The van der Waals surface area contributed by atoms with Crippen LogP contribution in [0.5, 0.6) is 0 Å². The van der Waals surface area contributed by atoms with Crippen LogP contribution in [-0.2, 0) is 14.8 Å². The van der Waals surface area contributed by atoms with E-state index in [0.29, 0.717) is 19.2 Å².